The third-order valence-electron chi connectivity index (χ3n) is 6.07. The van der Waals surface area contributed by atoms with E-state index in [0.717, 1.165) is 35.6 Å². The number of hydrogen-bond acceptors (Lipinski definition) is 6. The van der Waals surface area contributed by atoms with E-state index in [2.05, 4.69) is 25.5 Å². The van der Waals surface area contributed by atoms with Crippen molar-refractivity contribution in [2.24, 2.45) is 0 Å². The van der Waals surface area contributed by atoms with Crippen LogP contribution in [0.4, 0.5) is 4.39 Å². The van der Waals surface area contributed by atoms with E-state index < -0.39 is 11.7 Å². The largest absolute Gasteiger partial charge is 0.507 e. The van der Waals surface area contributed by atoms with Crippen LogP contribution >= 0.6 is 0 Å². The molecule has 0 saturated carbocycles. The molecule has 148 valence electrons. The maximum absolute atomic E-state index is 15.1. The number of hydrogen-bond donors (Lipinski definition) is 2. The van der Waals surface area contributed by atoms with Gasteiger partial charge in [0.1, 0.15) is 17.6 Å². The molecule has 3 atom stereocenters. The summed E-state index contributed by atoms with van der Waals surface area (Å²) in [5, 5.41) is 24.0. The smallest absolute Gasteiger partial charge is 0.174 e. The number of phenolic OH excluding ortho intramolecular Hbond substituents is 1. The molecule has 3 aromatic rings. The molecule has 7 heteroatoms. The number of pyridine rings is 1. The fourth-order valence-electron chi connectivity index (χ4n) is 4.58. The summed E-state index contributed by atoms with van der Waals surface area (Å²) in [6, 6.07) is 5.66. The fourth-order valence-corrected chi connectivity index (χ4v) is 4.58. The molecule has 6 nitrogen and oxygen atoms in total. The van der Waals surface area contributed by atoms with E-state index >= 15 is 4.39 Å². The Balaban J connectivity index is 1.45. The maximum Gasteiger partial charge on any atom is 0.174 e. The number of fused-ring (bicyclic) bond motifs is 3. The van der Waals surface area contributed by atoms with E-state index in [-0.39, 0.29) is 5.75 Å². The number of rotatable bonds is 2. The third kappa shape index (κ3) is 3.25. The average Bonchev–Trinajstić information content (AvgIpc) is 2.72. The maximum atomic E-state index is 15.1. The van der Waals surface area contributed by atoms with Crippen molar-refractivity contribution in [1.82, 2.24) is 25.5 Å². The number of alkyl halides is 1. The van der Waals surface area contributed by atoms with Crippen LogP contribution in [0.15, 0.2) is 42.4 Å². The van der Waals surface area contributed by atoms with E-state index in [4.69, 9.17) is 0 Å². The van der Waals surface area contributed by atoms with Crippen LogP contribution < -0.4 is 5.32 Å². The Kier molecular flexibility index (Phi) is 4.28. The van der Waals surface area contributed by atoms with E-state index in [1.54, 1.807) is 30.7 Å². The SMILES string of the molecule is C[C@]12CCCC(C/C(=C\c3ncc(-c4cc5ccncc5cc4O)nn3)[C@@H]1F)N2. The molecule has 2 aromatic heterocycles. The number of benzene rings is 1. The van der Waals surface area contributed by atoms with Gasteiger partial charge < -0.3 is 10.4 Å². The molecular formula is C22H22FN5O. The molecule has 2 aliphatic heterocycles. The van der Waals surface area contributed by atoms with Gasteiger partial charge in [-0.05, 0) is 67.8 Å². The molecule has 1 aromatic carbocycles. The summed E-state index contributed by atoms with van der Waals surface area (Å²) in [7, 11) is 0. The van der Waals surface area contributed by atoms with Gasteiger partial charge in [-0.25, -0.2) is 9.37 Å². The Morgan fingerprint density at radius 2 is 2.14 bits per heavy atom. The highest BCUT2D eigenvalue weighted by Gasteiger charge is 2.45. The molecule has 2 N–H and O–H groups in total. The van der Waals surface area contributed by atoms with Crippen molar-refractivity contribution in [3.05, 3.63) is 48.2 Å². The highest BCUT2D eigenvalue weighted by molar-refractivity contribution is 5.89. The summed E-state index contributed by atoms with van der Waals surface area (Å²) in [4.78, 5) is 8.42. The molecule has 0 aliphatic carbocycles. The predicted octanol–water partition coefficient (Wildman–Crippen LogP) is 3.82. The highest BCUT2D eigenvalue weighted by atomic mass is 19.1. The number of aromatic nitrogens is 4. The zero-order valence-electron chi connectivity index (χ0n) is 16.1. The van der Waals surface area contributed by atoms with Gasteiger partial charge in [0, 0.05) is 29.4 Å². The number of halogens is 1. The lowest BCUT2D eigenvalue weighted by Crippen LogP contribution is -2.61. The standard InChI is InChI=1S/C22H22FN5O/c1-22-5-2-3-16(26-22)7-14(21(22)23)10-20-25-12-18(27-28-20)17-8-13-4-6-24-11-15(13)9-19(17)29/h4,6,8-12,16,21,26,29H,2-3,5,7H2,1H3/b14-10+/t16?,21-,22-/m0/s1. The highest BCUT2D eigenvalue weighted by Crippen LogP contribution is 2.39. The zero-order chi connectivity index (χ0) is 20.0. The van der Waals surface area contributed by atoms with Crippen LogP contribution in [0.25, 0.3) is 28.1 Å². The van der Waals surface area contributed by atoms with Crippen LogP contribution in [0, 0.1) is 0 Å². The van der Waals surface area contributed by atoms with E-state index in [0.29, 0.717) is 29.5 Å². The normalized spacial score (nSPS) is 28.0. The first-order valence-corrected chi connectivity index (χ1v) is 9.91. The van der Waals surface area contributed by atoms with Crippen LogP contribution in [0.2, 0.25) is 0 Å². The van der Waals surface area contributed by atoms with Gasteiger partial charge in [0.05, 0.1) is 11.7 Å². The molecule has 0 amide bonds. The van der Waals surface area contributed by atoms with E-state index in [1.807, 2.05) is 19.1 Å². The van der Waals surface area contributed by atoms with Crippen LogP contribution in [0.3, 0.4) is 0 Å². The topological polar surface area (TPSA) is 83.8 Å². The summed E-state index contributed by atoms with van der Waals surface area (Å²) >= 11 is 0. The van der Waals surface area contributed by atoms with Gasteiger partial charge in [0.2, 0.25) is 0 Å². The molecule has 0 radical (unpaired) electrons. The van der Waals surface area contributed by atoms with Crippen LogP contribution in [-0.2, 0) is 0 Å². The second-order valence-corrected chi connectivity index (χ2v) is 8.23. The Labute approximate surface area is 167 Å². The summed E-state index contributed by atoms with van der Waals surface area (Å²) in [6.45, 7) is 1.96. The Morgan fingerprint density at radius 1 is 1.24 bits per heavy atom. The minimum absolute atomic E-state index is 0.0932. The summed E-state index contributed by atoms with van der Waals surface area (Å²) in [6.07, 6.45) is 9.25. The first-order valence-electron chi connectivity index (χ1n) is 9.91. The third-order valence-corrected chi connectivity index (χ3v) is 6.07. The van der Waals surface area contributed by atoms with Crippen molar-refractivity contribution in [3.63, 3.8) is 0 Å². The van der Waals surface area contributed by atoms with E-state index in [9.17, 15) is 5.11 Å². The molecule has 29 heavy (non-hydrogen) atoms. The minimum Gasteiger partial charge on any atom is -0.507 e. The quantitative estimate of drug-likeness (QED) is 0.691. The van der Waals surface area contributed by atoms with Crippen LogP contribution in [-0.4, -0.2) is 43.0 Å². The Hall–Kier alpha value is -2.93. The lowest BCUT2D eigenvalue weighted by atomic mass is 9.74. The number of nitrogens with zero attached hydrogens (tertiary/aromatic N) is 4. The van der Waals surface area contributed by atoms with Crippen molar-refractivity contribution in [2.45, 2.75) is 50.4 Å². The molecule has 4 heterocycles. The van der Waals surface area contributed by atoms with Crippen molar-refractivity contribution >= 4 is 16.8 Å². The van der Waals surface area contributed by atoms with Gasteiger partial charge in [-0.1, -0.05) is 0 Å². The number of nitrogens with one attached hydrogen (secondary N) is 1. The van der Waals surface area contributed by atoms with E-state index in [1.165, 1.54) is 0 Å². The molecule has 2 fully saturated rings. The second kappa shape index (κ2) is 6.84. The molecule has 2 aliphatic rings. The van der Waals surface area contributed by atoms with Crippen molar-refractivity contribution in [3.8, 4) is 17.0 Å². The molecule has 2 bridgehead atoms. The van der Waals surface area contributed by atoms with Crippen molar-refractivity contribution in [2.75, 3.05) is 0 Å². The minimum atomic E-state index is -1.06. The number of piperidine rings is 2. The van der Waals surface area contributed by atoms with Gasteiger partial charge in [-0.15, -0.1) is 10.2 Å². The molecule has 5 rings (SSSR count). The van der Waals surface area contributed by atoms with Crippen molar-refractivity contribution in [1.29, 1.82) is 0 Å². The Morgan fingerprint density at radius 3 is 2.97 bits per heavy atom. The molecule has 0 spiro atoms. The van der Waals surface area contributed by atoms with Gasteiger partial charge in [-0.2, -0.15) is 0 Å². The lowest BCUT2D eigenvalue weighted by molar-refractivity contribution is 0.0993. The summed E-state index contributed by atoms with van der Waals surface area (Å²) in [5.41, 5.74) is 1.24. The van der Waals surface area contributed by atoms with Crippen LogP contribution in [0.1, 0.15) is 38.4 Å². The van der Waals surface area contributed by atoms with Gasteiger partial charge >= 0.3 is 0 Å². The van der Waals surface area contributed by atoms with Gasteiger partial charge in [-0.3, -0.25) is 4.98 Å². The average molecular weight is 391 g/mol. The molecule has 2 saturated heterocycles. The first kappa shape index (κ1) is 18.1. The fraction of sp³-hybridized carbons (Fsp3) is 0.364. The number of phenols is 1. The second-order valence-electron chi connectivity index (χ2n) is 8.23. The number of aromatic hydroxyl groups is 1. The van der Waals surface area contributed by atoms with Gasteiger partial charge in [0.25, 0.3) is 0 Å². The Bertz CT molecular complexity index is 1100. The van der Waals surface area contributed by atoms with Crippen molar-refractivity contribution < 1.29 is 9.50 Å². The lowest BCUT2D eigenvalue weighted by Gasteiger charge is -2.47. The predicted molar refractivity (Wildman–Crippen MR) is 109 cm³/mol. The first-order chi connectivity index (χ1) is 14.0. The molecular weight excluding hydrogens is 369 g/mol. The monoisotopic (exact) mass is 391 g/mol. The van der Waals surface area contributed by atoms with Crippen LogP contribution in [0.5, 0.6) is 5.75 Å². The summed E-state index contributed by atoms with van der Waals surface area (Å²) < 4.78 is 15.1. The molecule has 1 unspecified atom stereocenters. The van der Waals surface area contributed by atoms with Gasteiger partial charge in [0.15, 0.2) is 5.82 Å². The zero-order valence-corrected chi connectivity index (χ0v) is 16.1. The summed E-state index contributed by atoms with van der Waals surface area (Å²) in [5.74, 6) is 0.482.